The van der Waals surface area contributed by atoms with Crippen LogP contribution in [0.4, 0.5) is 15.8 Å². The first-order valence-electron chi connectivity index (χ1n) is 10.5. The quantitative estimate of drug-likeness (QED) is 0.156. The van der Waals surface area contributed by atoms with E-state index in [1.165, 1.54) is 25.5 Å². The molecule has 3 rings (SSSR count). The monoisotopic (exact) mass is 604 g/mol. The molecule has 3 aromatic rings. The lowest BCUT2D eigenvalue weighted by Gasteiger charge is -2.14. The van der Waals surface area contributed by atoms with Crippen LogP contribution in [-0.4, -0.2) is 37.7 Å². The number of nitrogens with one attached hydrogen (secondary N) is 3. The van der Waals surface area contributed by atoms with E-state index in [9.17, 15) is 18.8 Å². The van der Waals surface area contributed by atoms with Gasteiger partial charge in [0.1, 0.15) is 5.82 Å². The Labute approximate surface area is 220 Å². The molecule has 0 aliphatic carbocycles. The summed E-state index contributed by atoms with van der Waals surface area (Å²) >= 11 is 2.02. The average Bonchev–Trinajstić information content (AvgIpc) is 2.85. The second kappa shape index (κ2) is 12.6. The number of methoxy groups -OCH3 is 1. The van der Waals surface area contributed by atoms with Gasteiger partial charge in [-0.2, -0.15) is 5.10 Å². The van der Waals surface area contributed by atoms with E-state index in [1.54, 1.807) is 18.2 Å². The van der Waals surface area contributed by atoms with Gasteiger partial charge in [-0.1, -0.05) is 18.2 Å². The third-order valence-corrected chi connectivity index (χ3v) is 5.51. The van der Waals surface area contributed by atoms with Gasteiger partial charge < -0.3 is 20.1 Å². The Kier molecular flexibility index (Phi) is 9.33. The molecule has 0 aromatic heterocycles. The van der Waals surface area contributed by atoms with Crippen molar-refractivity contribution in [1.29, 1.82) is 0 Å². The molecule has 0 aliphatic heterocycles. The highest BCUT2D eigenvalue weighted by Crippen LogP contribution is 2.33. The molecular formula is C25H22FIN4O5. The van der Waals surface area contributed by atoms with Crippen molar-refractivity contribution in [1.82, 2.24) is 5.43 Å². The van der Waals surface area contributed by atoms with Crippen LogP contribution < -0.4 is 25.5 Å². The van der Waals surface area contributed by atoms with Crippen LogP contribution in [0.2, 0.25) is 0 Å². The number of carbonyl (C=O) groups is 3. The zero-order valence-corrected chi connectivity index (χ0v) is 21.5. The van der Waals surface area contributed by atoms with Crippen molar-refractivity contribution in [3.8, 4) is 11.5 Å². The van der Waals surface area contributed by atoms with Crippen molar-refractivity contribution < 1.29 is 28.2 Å². The van der Waals surface area contributed by atoms with Crippen LogP contribution in [0.3, 0.4) is 0 Å². The van der Waals surface area contributed by atoms with Crippen LogP contribution >= 0.6 is 22.6 Å². The molecule has 0 spiro atoms. The Morgan fingerprint density at radius 2 is 1.75 bits per heavy atom. The minimum atomic E-state index is -1.00. The first kappa shape index (κ1) is 26.6. The van der Waals surface area contributed by atoms with Crippen LogP contribution in [0.25, 0.3) is 0 Å². The van der Waals surface area contributed by atoms with Gasteiger partial charge in [-0.15, -0.1) is 0 Å². The lowest BCUT2D eigenvalue weighted by molar-refractivity contribution is -0.136. The Morgan fingerprint density at radius 3 is 2.44 bits per heavy atom. The van der Waals surface area contributed by atoms with E-state index < -0.39 is 17.6 Å². The second-order valence-electron chi connectivity index (χ2n) is 7.35. The van der Waals surface area contributed by atoms with Crippen LogP contribution in [0, 0.1) is 16.3 Å². The number of amides is 3. The van der Waals surface area contributed by atoms with Crippen LogP contribution in [0.1, 0.15) is 11.1 Å². The largest absolute Gasteiger partial charge is 0.493 e. The molecule has 0 unspecified atom stereocenters. The minimum absolute atomic E-state index is 0.229. The molecule has 11 heteroatoms. The number of aryl methyl sites for hydroxylation is 1. The van der Waals surface area contributed by atoms with E-state index in [-0.39, 0.29) is 18.2 Å². The number of halogens is 2. The number of ether oxygens (including phenoxy) is 2. The fraction of sp³-hybridized carbons (Fsp3) is 0.120. The van der Waals surface area contributed by atoms with Gasteiger partial charge in [0, 0.05) is 11.4 Å². The standard InChI is InChI=1S/C25H22FIN4O5/c1-15-5-3-4-6-20(15)30-22(32)14-36-23-19(27)11-16(12-21(23)35-2)13-28-31-25(34)24(33)29-18-9-7-17(26)8-10-18/h3-13H,14H2,1-2H3,(H,29,33)(H,30,32)(H,31,34)/b28-13-. The summed E-state index contributed by atoms with van der Waals surface area (Å²) < 4.78 is 24.6. The zero-order chi connectivity index (χ0) is 26.1. The summed E-state index contributed by atoms with van der Waals surface area (Å²) in [6, 6.07) is 15.7. The fourth-order valence-electron chi connectivity index (χ4n) is 2.93. The Morgan fingerprint density at radius 1 is 1.03 bits per heavy atom. The molecule has 3 aromatic carbocycles. The molecule has 0 atom stereocenters. The minimum Gasteiger partial charge on any atom is -0.493 e. The van der Waals surface area contributed by atoms with Gasteiger partial charge in [0.25, 0.3) is 5.91 Å². The predicted molar refractivity (Wildman–Crippen MR) is 142 cm³/mol. The lowest BCUT2D eigenvalue weighted by Crippen LogP contribution is -2.32. The average molecular weight is 604 g/mol. The van der Waals surface area contributed by atoms with Crippen molar-refractivity contribution in [3.63, 3.8) is 0 Å². The van der Waals surface area contributed by atoms with E-state index >= 15 is 0 Å². The third kappa shape index (κ3) is 7.50. The van der Waals surface area contributed by atoms with Gasteiger partial charge >= 0.3 is 11.8 Å². The molecule has 0 aliphatic rings. The summed E-state index contributed by atoms with van der Waals surface area (Å²) in [4.78, 5) is 36.2. The van der Waals surface area contributed by atoms with E-state index in [4.69, 9.17) is 9.47 Å². The van der Waals surface area contributed by atoms with Gasteiger partial charge in [0.05, 0.1) is 16.9 Å². The molecular weight excluding hydrogens is 582 g/mol. The Bertz CT molecular complexity index is 1300. The van der Waals surface area contributed by atoms with Gasteiger partial charge in [-0.25, -0.2) is 9.82 Å². The summed E-state index contributed by atoms with van der Waals surface area (Å²) in [7, 11) is 1.45. The third-order valence-electron chi connectivity index (χ3n) is 4.71. The molecule has 0 saturated carbocycles. The summed E-state index contributed by atoms with van der Waals surface area (Å²) in [5.74, 6) is -2.02. The van der Waals surface area contributed by atoms with Gasteiger partial charge in [-0.3, -0.25) is 14.4 Å². The maximum Gasteiger partial charge on any atom is 0.329 e. The van der Waals surface area contributed by atoms with Crippen LogP contribution in [-0.2, 0) is 14.4 Å². The first-order chi connectivity index (χ1) is 17.3. The van der Waals surface area contributed by atoms with Gasteiger partial charge in [0.2, 0.25) is 0 Å². The molecule has 0 bridgehead atoms. The first-order valence-corrected chi connectivity index (χ1v) is 11.6. The SMILES string of the molecule is COc1cc(/C=N\NC(=O)C(=O)Nc2ccc(F)cc2)cc(I)c1OCC(=O)Nc1ccccc1C. The number of carbonyl (C=O) groups excluding carboxylic acids is 3. The van der Waals surface area contributed by atoms with E-state index in [1.807, 2.05) is 47.7 Å². The second-order valence-corrected chi connectivity index (χ2v) is 8.51. The van der Waals surface area contributed by atoms with Crippen LogP contribution in [0.5, 0.6) is 11.5 Å². The molecule has 36 heavy (non-hydrogen) atoms. The van der Waals surface area contributed by atoms with Crippen molar-refractivity contribution in [3.05, 3.63) is 81.2 Å². The van der Waals surface area contributed by atoms with Gasteiger partial charge in [-0.05, 0) is 83.1 Å². The van der Waals surface area contributed by atoms with Gasteiger partial charge in [0.15, 0.2) is 18.1 Å². The smallest absolute Gasteiger partial charge is 0.329 e. The molecule has 3 N–H and O–H groups in total. The number of nitrogens with zero attached hydrogens (tertiary/aromatic N) is 1. The highest BCUT2D eigenvalue weighted by molar-refractivity contribution is 14.1. The number of rotatable bonds is 8. The molecule has 0 radical (unpaired) electrons. The molecule has 0 saturated heterocycles. The van der Waals surface area contributed by atoms with Crippen molar-refractivity contribution >= 4 is 57.9 Å². The molecule has 9 nitrogen and oxygen atoms in total. The maximum absolute atomic E-state index is 12.9. The molecule has 0 fully saturated rings. The summed E-state index contributed by atoms with van der Waals surface area (Å²) in [5.41, 5.74) is 4.57. The molecule has 0 heterocycles. The Hall–Kier alpha value is -4.00. The molecule has 186 valence electrons. The number of anilines is 2. The van der Waals surface area contributed by atoms with E-state index in [2.05, 4.69) is 21.2 Å². The van der Waals surface area contributed by atoms with Crippen molar-refractivity contribution in [2.75, 3.05) is 24.4 Å². The van der Waals surface area contributed by atoms with E-state index in [0.29, 0.717) is 26.3 Å². The fourth-order valence-corrected chi connectivity index (χ4v) is 3.71. The van der Waals surface area contributed by atoms with Crippen molar-refractivity contribution in [2.24, 2.45) is 5.10 Å². The maximum atomic E-state index is 12.9. The topological polar surface area (TPSA) is 118 Å². The van der Waals surface area contributed by atoms with Crippen molar-refractivity contribution in [2.45, 2.75) is 6.92 Å². The highest BCUT2D eigenvalue weighted by Gasteiger charge is 2.15. The number of hydrogen-bond donors (Lipinski definition) is 3. The number of hydrazone groups is 1. The number of hydrogen-bond acceptors (Lipinski definition) is 6. The predicted octanol–water partition coefficient (Wildman–Crippen LogP) is 3.85. The summed E-state index contributed by atoms with van der Waals surface area (Å²) in [5, 5.41) is 8.91. The Balaban J connectivity index is 1.58. The zero-order valence-electron chi connectivity index (χ0n) is 19.3. The lowest BCUT2D eigenvalue weighted by atomic mass is 10.2. The number of para-hydroxylation sites is 1. The highest BCUT2D eigenvalue weighted by atomic mass is 127. The summed E-state index contributed by atoms with van der Waals surface area (Å²) in [6.45, 7) is 1.66. The number of benzene rings is 3. The van der Waals surface area contributed by atoms with E-state index in [0.717, 1.165) is 17.7 Å². The molecule has 3 amide bonds. The summed E-state index contributed by atoms with van der Waals surface area (Å²) in [6.07, 6.45) is 1.32. The normalized spacial score (nSPS) is 10.6. The van der Waals surface area contributed by atoms with Crippen LogP contribution in [0.15, 0.2) is 65.8 Å².